The molecule has 1 aromatic carbocycles. The Hall–Kier alpha value is -1.42. The van der Waals surface area contributed by atoms with Crippen molar-refractivity contribution in [2.24, 2.45) is 4.99 Å². The standard InChI is InChI=1S/C17H27FN4O2.HI/c1-3-19-17(20-11-5-6-12-24-4-2)21-13-16(23)22-15-9-7-14(18)8-10-15;/h7-10H,3-6,11-13H2,1-2H3,(H,22,23)(H2,19,20,21);1H. The van der Waals surface area contributed by atoms with Crippen LogP contribution < -0.4 is 16.0 Å². The number of nitrogens with zero attached hydrogens (tertiary/aromatic N) is 1. The molecule has 0 radical (unpaired) electrons. The Morgan fingerprint density at radius 3 is 2.52 bits per heavy atom. The molecule has 0 unspecified atom stereocenters. The molecule has 0 saturated heterocycles. The molecular weight excluding hydrogens is 438 g/mol. The molecule has 0 aliphatic carbocycles. The van der Waals surface area contributed by atoms with Gasteiger partial charge >= 0.3 is 0 Å². The molecule has 0 spiro atoms. The van der Waals surface area contributed by atoms with E-state index in [4.69, 9.17) is 4.74 Å². The van der Waals surface area contributed by atoms with E-state index >= 15 is 0 Å². The van der Waals surface area contributed by atoms with Gasteiger partial charge in [0.25, 0.3) is 0 Å². The Morgan fingerprint density at radius 2 is 1.88 bits per heavy atom. The summed E-state index contributed by atoms with van der Waals surface area (Å²) in [4.78, 5) is 16.1. The maximum atomic E-state index is 12.8. The summed E-state index contributed by atoms with van der Waals surface area (Å²) in [5, 5.41) is 8.94. The van der Waals surface area contributed by atoms with Gasteiger partial charge in [-0.15, -0.1) is 24.0 Å². The van der Waals surface area contributed by atoms with Crippen LogP contribution in [-0.4, -0.2) is 44.7 Å². The molecule has 0 atom stereocenters. The third-order valence-electron chi connectivity index (χ3n) is 3.06. The van der Waals surface area contributed by atoms with E-state index in [1.165, 1.54) is 24.3 Å². The molecule has 0 bridgehead atoms. The van der Waals surface area contributed by atoms with E-state index in [0.29, 0.717) is 18.2 Å². The number of ether oxygens (including phenoxy) is 1. The van der Waals surface area contributed by atoms with Crippen LogP contribution in [-0.2, 0) is 9.53 Å². The topological polar surface area (TPSA) is 74.8 Å². The number of rotatable bonds is 10. The predicted octanol–water partition coefficient (Wildman–Crippen LogP) is 2.75. The van der Waals surface area contributed by atoms with Crippen LogP contribution in [0.15, 0.2) is 29.3 Å². The number of aliphatic imine (C=N–C) groups is 1. The molecule has 0 aliphatic rings. The van der Waals surface area contributed by atoms with Crippen LogP contribution in [0, 0.1) is 5.82 Å². The average molecular weight is 466 g/mol. The molecule has 1 amide bonds. The monoisotopic (exact) mass is 466 g/mol. The number of hydrogen-bond donors (Lipinski definition) is 3. The highest BCUT2D eigenvalue weighted by Gasteiger charge is 2.03. The largest absolute Gasteiger partial charge is 0.382 e. The van der Waals surface area contributed by atoms with E-state index in [-0.39, 0.29) is 42.2 Å². The minimum Gasteiger partial charge on any atom is -0.382 e. The van der Waals surface area contributed by atoms with Gasteiger partial charge in [-0.3, -0.25) is 4.79 Å². The fraction of sp³-hybridized carbons (Fsp3) is 0.529. The Labute approximate surface area is 166 Å². The second-order valence-corrected chi connectivity index (χ2v) is 5.08. The number of unbranched alkanes of at least 4 members (excludes halogenated alkanes) is 1. The van der Waals surface area contributed by atoms with Gasteiger partial charge in [-0.1, -0.05) is 0 Å². The lowest BCUT2D eigenvalue weighted by molar-refractivity contribution is -0.114. The molecule has 142 valence electrons. The first-order valence-electron chi connectivity index (χ1n) is 8.31. The highest BCUT2D eigenvalue weighted by Crippen LogP contribution is 2.07. The lowest BCUT2D eigenvalue weighted by Gasteiger charge is -2.11. The second kappa shape index (κ2) is 14.9. The molecule has 0 aromatic heterocycles. The molecule has 6 nitrogen and oxygen atoms in total. The quantitative estimate of drug-likeness (QED) is 0.215. The van der Waals surface area contributed by atoms with Crippen molar-refractivity contribution in [2.75, 3.05) is 38.2 Å². The number of carbonyl (C=O) groups is 1. The van der Waals surface area contributed by atoms with Gasteiger partial charge < -0.3 is 20.7 Å². The summed E-state index contributed by atoms with van der Waals surface area (Å²) < 4.78 is 18.1. The van der Waals surface area contributed by atoms with Gasteiger partial charge in [-0.25, -0.2) is 9.38 Å². The zero-order valence-electron chi connectivity index (χ0n) is 14.8. The second-order valence-electron chi connectivity index (χ2n) is 5.08. The lowest BCUT2D eigenvalue weighted by Crippen LogP contribution is -2.38. The third kappa shape index (κ3) is 11.7. The van der Waals surface area contributed by atoms with E-state index in [2.05, 4.69) is 20.9 Å². The summed E-state index contributed by atoms with van der Waals surface area (Å²) in [5.41, 5.74) is 0.547. The fourth-order valence-corrected chi connectivity index (χ4v) is 1.91. The number of anilines is 1. The van der Waals surface area contributed by atoms with E-state index < -0.39 is 0 Å². The number of halogens is 2. The van der Waals surface area contributed by atoms with Crippen molar-refractivity contribution >= 4 is 41.5 Å². The predicted molar refractivity (Wildman–Crippen MR) is 110 cm³/mol. The normalized spacial score (nSPS) is 10.8. The molecule has 1 aromatic rings. The van der Waals surface area contributed by atoms with Crippen molar-refractivity contribution in [1.82, 2.24) is 10.6 Å². The van der Waals surface area contributed by atoms with E-state index in [1.807, 2.05) is 13.8 Å². The number of guanidine groups is 1. The van der Waals surface area contributed by atoms with Crippen LogP contribution in [0.25, 0.3) is 0 Å². The van der Waals surface area contributed by atoms with Crippen LogP contribution in [0.3, 0.4) is 0 Å². The van der Waals surface area contributed by atoms with Crippen LogP contribution in [0.5, 0.6) is 0 Å². The fourth-order valence-electron chi connectivity index (χ4n) is 1.91. The molecule has 3 N–H and O–H groups in total. The molecule has 0 heterocycles. The van der Waals surface area contributed by atoms with Crippen molar-refractivity contribution < 1.29 is 13.9 Å². The highest BCUT2D eigenvalue weighted by molar-refractivity contribution is 14.0. The molecular formula is C17H28FIN4O2. The number of benzene rings is 1. The van der Waals surface area contributed by atoms with Crippen molar-refractivity contribution in [1.29, 1.82) is 0 Å². The van der Waals surface area contributed by atoms with Gasteiger partial charge in [0.1, 0.15) is 12.4 Å². The van der Waals surface area contributed by atoms with E-state index in [0.717, 1.165) is 32.6 Å². The Bertz CT molecular complexity index is 512. The number of nitrogens with one attached hydrogen (secondary N) is 3. The van der Waals surface area contributed by atoms with Crippen LogP contribution in [0.4, 0.5) is 10.1 Å². The van der Waals surface area contributed by atoms with Gasteiger partial charge in [-0.2, -0.15) is 0 Å². The maximum Gasteiger partial charge on any atom is 0.246 e. The van der Waals surface area contributed by atoms with Gasteiger partial charge in [0.15, 0.2) is 5.96 Å². The summed E-state index contributed by atoms with van der Waals surface area (Å²) in [6.07, 6.45) is 1.94. The highest BCUT2D eigenvalue weighted by atomic mass is 127. The van der Waals surface area contributed by atoms with Crippen LogP contribution in [0.1, 0.15) is 26.7 Å². The van der Waals surface area contributed by atoms with Crippen molar-refractivity contribution in [3.05, 3.63) is 30.1 Å². The smallest absolute Gasteiger partial charge is 0.246 e. The SMILES string of the molecule is CCNC(=NCC(=O)Nc1ccc(F)cc1)NCCCCOCC.I. The number of hydrogen-bond acceptors (Lipinski definition) is 3. The van der Waals surface area contributed by atoms with Crippen molar-refractivity contribution in [2.45, 2.75) is 26.7 Å². The first-order chi connectivity index (χ1) is 11.7. The minimum absolute atomic E-state index is 0. The first-order valence-corrected chi connectivity index (χ1v) is 8.31. The molecule has 0 aliphatic heterocycles. The van der Waals surface area contributed by atoms with Gasteiger partial charge in [0, 0.05) is 32.0 Å². The summed E-state index contributed by atoms with van der Waals surface area (Å²) in [7, 11) is 0. The molecule has 1 rings (SSSR count). The Kier molecular flexibility index (Phi) is 14.0. The average Bonchev–Trinajstić information content (AvgIpc) is 2.57. The Morgan fingerprint density at radius 1 is 1.16 bits per heavy atom. The molecule has 25 heavy (non-hydrogen) atoms. The van der Waals surface area contributed by atoms with Gasteiger partial charge in [-0.05, 0) is 51.0 Å². The van der Waals surface area contributed by atoms with E-state index in [1.54, 1.807) is 0 Å². The van der Waals surface area contributed by atoms with Crippen molar-refractivity contribution in [3.8, 4) is 0 Å². The number of carbonyl (C=O) groups excluding carboxylic acids is 1. The van der Waals surface area contributed by atoms with E-state index in [9.17, 15) is 9.18 Å². The maximum absolute atomic E-state index is 12.8. The zero-order chi connectivity index (χ0) is 17.6. The van der Waals surface area contributed by atoms with Gasteiger partial charge in [0.2, 0.25) is 5.91 Å². The molecule has 8 heteroatoms. The van der Waals surface area contributed by atoms with Gasteiger partial charge in [0.05, 0.1) is 0 Å². The Balaban J connectivity index is 0.00000576. The molecule has 0 saturated carbocycles. The molecule has 0 fully saturated rings. The minimum atomic E-state index is -0.339. The van der Waals surface area contributed by atoms with Crippen molar-refractivity contribution in [3.63, 3.8) is 0 Å². The summed E-state index contributed by atoms with van der Waals surface area (Å²) in [6.45, 7) is 6.90. The number of amides is 1. The third-order valence-corrected chi connectivity index (χ3v) is 3.06. The first kappa shape index (κ1) is 23.6. The zero-order valence-corrected chi connectivity index (χ0v) is 17.1. The summed E-state index contributed by atoms with van der Waals surface area (Å²) >= 11 is 0. The summed E-state index contributed by atoms with van der Waals surface area (Å²) in [5.74, 6) is 0.00677. The lowest BCUT2D eigenvalue weighted by atomic mass is 10.3. The summed E-state index contributed by atoms with van der Waals surface area (Å²) in [6, 6.07) is 5.62. The van der Waals surface area contributed by atoms with Crippen LogP contribution in [0.2, 0.25) is 0 Å². The van der Waals surface area contributed by atoms with Crippen LogP contribution >= 0.6 is 24.0 Å².